The van der Waals surface area contributed by atoms with Crippen molar-refractivity contribution >= 4 is 27.3 Å². The average Bonchev–Trinajstić information content (AvgIpc) is 2.48. The summed E-state index contributed by atoms with van der Waals surface area (Å²) in [5, 5.41) is 2.33. The summed E-state index contributed by atoms with van der Waals surface area (Å²) < 4.78 is 0. The maximum Gasteiger partial charge on any atom is 0.0928 e. The van der Waals surface area contributed by atoms with Crippen LogP contribution in [-0.4, -0.2) is 29.3 Å². The molecule has 0 aliphatic heterocycles. The van der Waals surface area contributed by atoms with Gasteiger partial charge in [-0.1, -0.05) is 15.9 Å². The number of nitrogens with zero attached hydrogens (tertiary/aromatic N) is 2. The van der Waals surface area contributed by atoms with Crippen LogP contribution in [0.1, 0.15) is 16.3 Å². The highest BCUT2D eigenvalue weighted by molar-refractivity contribution is 9.09. The van der Waals surface area contributed by atoms with Crippen LogP contribution in [0.25, 0.3) is 0 Å². The number of aromatic nitrogens is 1. The van der Waals surface area contributed by atoms with Crippen LogP contribution in [0.5, 0.6) is 0 Å². The minimum Gasteiger partial charge on any atom is -0.304 e. The fourth-order valence-electron chi connectivity index (χ4n) is 1.07. The van der Waals surface area contributed by atoms with Gasteiger partial charge in [-0.15, -0.1) is 11.3 Å². The van der Waals surface area contributed by atoms with Gasteiger partial charge in [0.05, 0.1) is 5.01 Å². The lowest BCUT2D eigenvalue weighted by molar-refractivity contribution is 0.406. The predicted octanol–water partition coefficient (Wildman–Crippen LogP) is 2.53. The van der Waals surface area contributed by atoms with E-state index in [1.54, 1.807) is 0 Å². The van der Waals surface area contributed by atoms with Crippen LogP contribution >= 0.6 is 27.3 Å². The van der Waals surface area contributed by atoms with Crippen molar-refractivity contribution in [2.75, 3.05) is 19.4 Å². The zero-order valence-electron chi connectivity index (χ0n) is 8.09. The Balaban J connectivity index is 2.44. The van der Waals surface area contributed by atoms with Crippen LogP contribution < -0.4 is 0 Å². The molecule has 1 rings (SSSR count). The summed E-state index contributed by atoms with van der Waals surface area (Å²) >= 11 is 5.25. The van der Waals surface area contributed by atoms with E-state index < -0.39 is 0 Å². The molecule has 4 heteroatoms. The van der Waals surface area contributed by atoms with E-state index in [0.29, 0.717) is 0 Å². The van der Waals surface area contributed by atoms with E-state index in [0.717, 1.165) is 18.3 Å². The molecule has 13 heavy (non-hydrogen) atoms. The lowest BCUT2D eigenvalue weighted by Crippen LogP contribution is -2.09. The highest BCUT2D eigenvalue weighted by atomic mass is 79.9. The van der Waals surface area contributed by atoms with Gasteiger partial charge in [0.1, 0.15) is 0 Å². The third kappa shape index (κ3) is 4.20. The SMILES string of the molecule is CN(C)Cc1cnc(CCCBr)s1. The van der Waals surface area contributed by atoms with Gasteiger partial charge in [-0.05, 0) is 20.5 Å². The minimum absolute atomic E-state index is 1.01. The van der Waals surface area contributed by atoms with Crippen LogP contribution in [0.3, 0.4) is 0 Å². The summed E-state index contributed by atoms with van der Waals surface area (Å²) in [5.74, 6) is 0. The van der Waals surface area contributed by atoms with Crippen molar-refractivity contribution in [2.45, 2.75) is 19.4 Å². The molecule has 1 aromatic heterocycles. The molecule has 1 heterocycles. The maximum absolute atomic E-state index is 4.38. The lowest BCUT2D eigenvalue weighted by Gasteiger charge is -2.05. The number of halogens is 1. The Morgan fingerprint density at radius 1 is 1.54 bits per heavy atom. The number of rotatable bonds is 5. The first kappa shape index (κ1) is 11.1. The Labute approximate surface area is 92.1 Å². The topological polar surface area (TPSA) is 16.1 Å². The maximum atomic E-state index is 4.38. The van der Waals surface area contributed by atoms with E-state index in [2.05, 4.69) is 39.9 Å². The second-order valence-electron chi connectivity index (χ2n) is 3.25. The number of hydrogen-bond acceptors (Lipinski definition) is 3. The standard InChI is InChI=1S/C9H15BrN2S/c1-12(2)7-8-6-11-9(13-8)4-3-5-10/h6H,3-5,7H2,1-2H3. The minimum atomic E-state index is 1.01. The van der Waals surface area contributed by atoms with Gasteiger partial charge in [0.2, 0.25) is 0 Å². The monoisotopic (exact) mass is 262 g/mol. The quantitative estimate of drug-likeness (QED) is 0.759. The largest absolute Gasteiger partial charge is 0.304 e. The lowest BCUT2D eigenvalue weighted by atomic mass is 10.4. The molecule has 0 saturated carbocycles. The summed E-state index contributed by atoms with van der Waals surface area (Å²) in [6.45, 7) is 1.01. The molecule has 0 radical (unpaired) electrons. The molecule has 1 aromatic rings. The number of aryl methyl sites for hydroxylation is 1. The number of alkyl halides is 1. The highest BCUT2D eigenvalue weighted by Crippen LogP contribution is 2.15. The molecule has 0 unspecified atom stereocenters. The molecular weight excluding hydrogens is 248 g/mol. The van der Waals surface area contributed by atoms with Gasteiger partial charge in [0.25, 0.3) is 0 Å². The van der Waals surface area contributed by atoms with Crippen molar-refractivity contribution < 1.29 is 0 Å². The van der Waals surface area contributed by atoms with Gasteiger partial charge in [0.15, 0.2) is 0 Å². The smallest absolute Gasteiger partial charge is 0.0928 e. The molecule has 0 fully saturated rings. The van der Waals surface area contributed by atoms with Crippen molar-refractivity contribution in [1.82, 2.24) is 9.88 Å². The van der Waals surface area contributed by atoms with E-state index in [4.69, 9.17) is 0 Å². The van der Waals surface area contributed by atoms with E-state index in [1.165, 1.54) is 16.3 Å². The van der Waals surface area contributed by atoms with Crippen LogP contribution in [0.15, 0.2) is 6.20 Å². The summed E-state index contributed by atoms with van der Waals surface area (Å²) in [7, 11) is 4.16. The Morgan fingerprint density at radius 3 is 2.92 bits per heavy atom. The van der Waals surface area contributed by atoms with E-state index in [9.17, 15) is 0 Å². The Morgan fingerprint density at radius 2 is 2.31 bits per heavy atom. The molecule has 0 atom stereocenters. The molecule has 0 amide bonds. The molecule has 0 spiro atoms. The molecular formula is C9H15BrN2S. The Bertz CT molecular complexity index is 248. The zero-order valence-corrected chi connectivity index (χ0v) is 10.5. The normalized spacial score (nSPS) is 11.1. The summed E-state index contributed by atoms with van der Waals surface area (Å²) in [6.07, 6.45) is 4.27. The van der Waals surface area contributed by atoms with Crippen molar-refractivity contribution in [3.05, 3.63) is 16.1 Å². The summed E-state index contributed by atoms with van der Waals surface area (Å²) in [4.78, 5) is 7.90. The van der Waals surface area contributed by atoms with Gasteiger partial charge < -0.3 is 4.90 Å². The van der Waals surface area contributed by atoms with E-state index in [1.807, 2.05) is 17.5 Å². The first-order valence-electron chi connectivity index (χ1n) is 4.36. The fraction of sp³-hybridized carbons (Fsp3) is 0.667. The molecule has 0 aromatic carbocycles. The molecule has 0 aliphatic carbocycles. The van der Waals surface area contributed by atoms with E-state index in [-0.39, 0.29) is 0 Å². The third-order valence-electron chi connectivity index (χ3n) is 1.60. The van der Waals surface area contributed by atoms with Crippen molar-refractivity contribution in [2.24, 2.45) is 0 Å². The Kier molecular flexibility index (Phi) is 4.91. The van der Waals surface area contributed by atoms with Crippen molar-refractivity contribution in [3.8, 4) is 0 Å². The molecule has 0 bridgehead atoms. The second-order valence-corrected chi connectivity index (χ2v) is 5.24. The Hall–Kier alpha value is 0.0700. The number of hydrogen-bond donors (Lipinski definition) is 0. The van der Waals surface area contributed by atoms with Gasteiger partial charge in [0, 0.05) is 29.4 Å². The summed E-state index contributed by atoms with van der Waals surface area (Å²) in [6, 6.07) is 0. The second kappa shape index (κ2) is 5.73. The van der Waals surface area contributed by atoms with Crippen molar-refractivity contribution in [3.63, 3.8) is 0 Å². The molecule has 0 aliphatic rings. The van der Waals surface area contributed by atoms with Gasteiger partial charge >= 0.3 is 0 Å². The van der Waals surface area contributed by atoms with Gasteiger partial charge in [-0.3, -0.25) is 0 Å². The molecule has 0 N–H and O–H groups in total. The third-order valence-corrected chi connectivity index (χ3v) is 3.20. The van der Waals surface area contributed by atoms with Crippen LogP contribution in [0, 0.1) is 0 Å². The van der Waals surface area contributed by atoms with Gasteiger partial charge in [-0.25, -0.2) is 4.98 Å². The average molecular weight is 263 g/mol. The molecule has 0 saturated heterocycles. The highest BCUT2D eigenvalue weighted by Gasteiger charge is 2.02. The fourth-order valence-corrected chi connectivity index (χ4v) is 2.43. The molecule has 2 nitrogen and oxygen atoms in total. The van der Waals surface area contributed by atoms with Crippen LogP contribution in [0.2, 0.25) is 0 Å². The first-order valence-corrected chi connectivity index (χ1v) is 6.30. The van der Waals surface area contributed by atoms with Crippen molar-refractivity contribution in [1.29, 1.82) is 0 Å². The summed E-state index contributed by atoms with van der Waals surface area (Å²) in [5.41, 5.74) is 0. The number of thiazole rings is 1. The van der Waals surface area contributed by atoms with Crippen LogP contribution in [0.4, 0.5) is 0 Å². The predicted molar refractivity (Wildman–Crippen MR) is 61.6 cm³/mol. The molecule has 74 valence electrons. The van der Waals surface area contributed by atoms with Gasteiger partial charge in [-0.2, -0.15) is 0 Å². The van der Waals surface area contributed by atoms with E-state index >= 15 is 0 Å². The van der Waals surface area contributed by atoms with Crippen LogP contribution in [-0.2, 0) is 13.0 Å². The first-order chi connectivity index (χ1) is 6.22. The zero-order chi connectivity index (χ0) is 9.68.